The molecule has 0 saturated heterocycles. The van der Waals surface area contributed by atoms with Gasteiger partial charge in [-0.2, -0.15) is 0 Å². The van der Waals surface area contributed by atoms with Crippen molar-refractivity contribution in [3.8, 4) is 0 Å². The van der Waals surface area contributed by atoms with E-state index in [1.165, 1.54) is 24.3 Å². The van der Waals surface area contributed by atoms with Gasteiger partial charge in [0.15, 0.2) is 0 Å². The van der Waals surface area contributed by atoms with Gasteiger partial charge in [0, 0.05) is 17.5 Å². The molecule has 1 heterocycles. The van der Waals surface area contributed by atoms with Crippen LogP contribution in [-0.2, 0) is 9.53 Å². The van der Waals surface area contributed by atoms with E-state index in [1.807, 2.05) is 25.1 Å². The lowest BCUT2D eigenvalue weighted by Crippen LogP contribution is -2.36. The van der Waals surface area contributed by atoms with Crippen molar-refractivity contribution in [2.75, 3.05) is 0 Å². The number of ether oxygens (including phenoxy) is 1. The standard InChI is InChI=1S/C19H16FNO3/c1-2-6-16(22)24-19(17(21-19)13-7-4-3-5-8-13)18(23)14-9-11-15(20)12-10-14/h3-5,7-12H,2,6H2,1H3. The molecule has 0 spiro atoms. The maximum atomic E-state index is 13.1. The highest BCUT2D eigenvalue weighted by Gasteiger charge is 2.58. The highest BCUT2D eigenvalue weighted by Crippen LogP contribution is 2.37. The fraction of sp³-hybridized carbons (Fsp3) is 0.211. The fourth-order valence-electron chi connectivity index (χ4n) is 2.48. The first-order chi connectivity index (χ1) is 11.6. The Labute approximate surface area is 139 Å². The third-order valence-electron chi connectivity index (χ3n) is 3.72. The van der Waals surface area contributed by atoms with E-state index < -0.39 is 23.3 Å². The fourth-order valence-corrected chi connectivity index (χ4v) is 2.48. The maximum absolute atomic E-state index is 13.1. The van der Waals surface area contributed by atoms with Gasteiger partial charge in [-0.25, -0.2) is 9.38 Å². The van der Waals surface area contributed by atoms with Gasteiger partial charge in [-0.05, 0) is 30.7 Å². The van der Waals surface area contributed by atoms with Gasteiger partial charge in [-0.1, -0.05) is 37.3 Å². The molecule has 0 fully saturated rings. The van der Waals surface area contributed by atoms with Crippen molar-refractivity contribution in [1.29, 1.82) is 0 Å². The quantitative estimate of drug-likeness (QED) is 0.603. The lowest BCUT2D eigenvalue weighted by Gasteiger charge is -2.15. The second kappa shape index (κ2) is 6.35. The maximum Gasteiger partial charge on any atom is 0.310 e. The number of nitrogens with zero attached hydrogens (tertiary/aromatic N) is 1. The molecule has 2 aromatic rings. The predicted molar refractivity (Wildman–Crippen MR) is 87.4 cm³/mol. The molecule has 0 saturated carbocycles. The summed E-state index contributed by atoms with van der Waals surface area (Å²) in [5.74, 6) is -1.39. The molecule has 3 rings (SSSR count). The molecule has 1 aliphatic rings. The zero-order valence-corrected chi connectivity index (χ0v) is 13.2. The van der Waals surface area contributed by atoms with Gasteiger partial charge >= 0.3 is 11.7 Å². The minimum atomic E-state index is -1.62. The molecule has 0 aromatic heterocycles. The van der Waals surface area contributed by atoms with Crippen LogP contribution in [0.25, 0.3) is 0 Å². The van der Waals surface area contributed by atoms with E-state index in [-0.39, 0.29) is 12.0 Å². The topological polar surface area (TPSA) is 55.7 Å². The molecule has 2 aromatic carbocycles. The molecule has 24 heavy (non-hydrogen) atoms. The Balaban J connectivity index is 1.91. The van der Waals surface area contributed by atoms with Crippen LogP contribution in [0.15, 0.2) is 59.6 Å². The van der Waals surface area contributed by atoms with Crippen molar-refractivity contribution in [2.24, 2.45) is 4.99 Å². The van der Waals surface area contributed by atoms with Crippen LogP contribution in [0, 0.1) is 5.82 Å². The van der Waals surface area contributed by atoms with E-state index in [2.05, 4.69) is 4.99 Å². The van der Waals surface area contributed by atoms with E-state index in [0.717, 1.165) is 5.56 Å². The van der Waals surface area contributed by atoms with Crippen molar-refractivity contribution < 1.29 is 18.7 Å². The number of hydrogen-bond acceptors (Lipinski definition) is 4. The van der Waals surface area contributed by atoms with E-state index >= 15 is 0 Å². The van der Waals surface area contributed by atoms with Crippen molar-refractivity contribution in [3.63, 3.8) is 0 Å². The van der Waals surface area contributed by atoms with Crippen LogP contribution in [-0.4, -0.2) is 23.2 Å². The van der Waals surface area contributed by atoms with Crippen LogP contribution in [0.5, 0.6) is 0 Å². The Morgan fingerprint density at radius 1 is 1.08 bits per heavy atom. The summed E-state index contributed by atoms with van der Waals surface area (Å²) in [6.07, 6.45) is 0.816. The van der Waals surface area contributed by atoms with Gasteiger partial charge in [0.1, 0.15) is 11.5 Å². The van der Waals surface area contributed by atoms with Crippen molar-refractivity contribution in [3.05, 3.63) is 71.5 Å². The average molecular weight is 325 g/mol. The molecule has 5 heteroatoms. The third kappa shape index (κ3) is 2.97. The predicted octanol–water partition coefficient (Wildman–Crippen LogP) is 3.55. The third-order valence-corrected chi connectivity index (χ3v) is 3.72. The summed E-state index contributed by atoms with van der Waals surface area (Å²) >= 11 is 0. The van der Waals surface area contributed by atoms with Gasteiger partial charge < -0.3 is 4.74 Å². The smallest absolute Gasteiger partial charge is 0.310 e. The second-order valence-electron chi connectivity index (χ2n) is 5.53. The zero-order chi connectivity index (χ0) is 17.2. The molecule has 0 aliphatic carbocycles. The summed E-state index contributed by atoms with van der Waals surface area (Å²) in [6, 6.07) is 14.2. The highest BCUT2D eigenvalue weighted by molar-refractivity contribution is 6.33. The van der Waals surface area contributed by atoms with Crippen LogP contribution in [0.4, 0.5) is 4.39 Å². The molecule has 0 amide bonds. The first-order valence-corrected chi connectivity index (χ1v) is 7.75. The van der Waals surface area contributed by atoms with Gasteiger partial charge in [0.05, 0.1) is 0 Å². The number of carbonyl (C=O) groups is 2. The van der Waals surface area contributed by atoms with Crippen LogP contribution in [0.3, 0.4) is 0 Å². The van der Waals surface area contributed by atoms with Crippen LogP contribution in [0.1, 0.15) is 35.7 Å². The largest absolute Gasteiger partial charge is 0.423 e. The number of halogens is 1. The molecule has 122 valence electrons. The number of hydrogen-bond donors (Lipinski definition) is 0. The van der Waals surface area contributed by atoms with Crippen molar-refractivity contribution in [2.45, 2.75) is 25.5 Å². The van der Waals surface area contributed by atoms with Crippen LogP contribution in [0.2, 0.25) is 0 Å². The molecule has 1 atom stereocenters. The number of ketones is 1. The summed E-state index contributed by atoms with van der Waals surface area (Å²) in [6.45, 7) is 1.85. The summed E-state index contributed by atoms with van der Waals surface area (Å²) in [5, 5.41) is 0. The van der Waals surface area contributed by atoms with Gasteiger partial charge in [-0.15, -0.1) is 0 Å². The Morgan fingerprint density at radius 3 is 2.38 bits per heavy atom. The van der Waals surface area contributed by atoms with Crippen LogP contribution < -0.4 is 0 Å². The van der Waals surface area contributed by atoms with E-state index in [1.54, 1.807) is 12.1 Å². The lowest BCUT2D eigenvalue weighted by molar-refractivity contribution is -0.148. The molecule has 1 unspecified atom stereocenters. The molecule has 0 N–H and O–H groups in total. The second-order valence-corrected chi connectivity index (χ2v) is 5.53. The molecular formula is C19H16FNO3. The Kier molecular flexibility index (Phi) is 4.25. The Bertz CT molecular complexity index is 799. The van der Waals surface area contributed by atoms with Crippen LogP contribution >= 0.6 is 0 Å². The molecule has 0 radical (unpaired) electrons. The molecule has 1 aliphatic heterocycles. The number of aliphatic imine (C=N–C) groups is 1. The summed E-state index contributed by atoms with van der Waals surface area (Å²) in [7, 11) is 0. The number of esters is 1. The van der Waals surface area contributed by atoms with E-state index in [0.29, 0.717) is 12.1 Å². The van der Waals surface area contributed by atoms with Gasteiger partial charge in [0.25, 0.3) is 0 Å². The summed E-state index contributed by atoms with van der Waals surface area (Å²) in [5.41, 5.74) is -0.236. The van der Waals surface area contributed by atoms with Crippen molar-refractivity contribution >= 4 is 17.5 Å². The Morgan fingerprint density at radius 2 is 1.75 bits per heavy atom. The monoisotopic (exact) mass is 325 g/mol. The molecule has 0 bridgehead atoms. The SMILES string of the molecule is CCCC(=O)OC1(C(=O)c2ccc(F)cc2)N=C1c1ccccc1. The van der Waals surface area contributed by atoms with Gasteiger partial charge in [0.2, 0.25) is 5.78 Å². The van der Waals surface area contributed by atoms with Gasteiger partial charge in [-0.3, -0.25) is 9.59 Å². The summed E-state index contributed by atoms with van der Waals surface area (Å²) < 4.78 is 18.5. The highest BCUT2D eigenvalue weighted by atomic mass is 19.1. The van der Waals surface area contributed by atoms with E-state index in [9.17, 15) is 14.0 Å². The first kappa shape index (κ1) is 16.1. The minimum Gasteiger partial charge on any atom is -0.423 e. The summed E-state index contributed by atoms with van der Waals surface area (Å²) in [4.78, 5) is 29.0. The number of carbonyl (C=O) groups excluding carboxylic acids is 2. The molecule has 4 nitrogen and oxygen atoms in total. The minimum absolute atomic E-state index is 0.204. The zero-order valence-electron chi connectivity index (χ0n) is 13.2. The average Bonchev–Trinajstić information content (AvgIpc) is 3.31. The normalized spacial score (nSPS) is 18.7. The van der Waals surface area contributed by atoms with Crippen molar-refractivity contribution in [1.82, 2.24) is 0 Å². The number of benzene rings is 2. The number of rotatable bonds is 6. The first-order valence-electron chi connectivity index (χ1n) is 7.75. The van der Waals surface area contributed by atoms with E-state index in [4.69, 9.17) is 4.74 Å². The lowest BCUT2D eigenvalue weighted by atomic mass is 9.99. The number of Topliss-reactive ketones (excluding diaryl/α,β-unsaturated/α-hetero) is 1. The Hall–Kier alpha value is -2.82. The molecular weight excluding hydrogens is 309 g/mol.